The Balaban J connectivity index is 1.55. The Kier molecular flexibility index (Phi) is 7.35. The lowest BCUT2D eigenvalue weighted by molar-refractivity contribution is -0.111. The summed E-state index contributed by atoms with van der Waals surface area (Å²) >= 11 is 1.67. The van der Waals surface area contributed by atoms with E-state index < -0.39 is 6.61 Å². The number of amides is 1. The smallest absolute Gasteiger partial charge is 0.387 e. The molecule has 0 atom stereocenters. The molecule has 3 rings (SSSR count). The number of aromatic nitrogens is 1. The zero-order chi connectivity index (χ0) is 20.5. The molecule has 0 aliphatic rings. The van der Waals surface area contributed by atoms with Gasteiger partial charge in [-0.25, -0.2) is 0 Å². The summed E-state index contributed by atoms with van der Waals surface area (Å²) in [5.74, 6) is 0.455. The van der Waals surface area contributed by atoms with Crippen molar-refractivity contribution in [3.8, 4) is 5.75 Å². The molecule has 0 saturated heterocycles. The lowest BCUT2D eigenvalue weighted by Gasteiger charge is -2.07. The van der Waals surface area contributed by atoms with Crippen LogP contribution in [0.25, 0.3) is 6.08 Å². The molecule has 0 aliphatic heterocycles. The maximum atomic E-state index is 12.4. The molecule has 2 aromatic carbocycles. The quantitative estimate of drug-likeness (QED) is 0.385. The summed E-state index contributed by atoms with van der Waals surface area (Å²) in [5, 5.41) is 2.74. The molecule has 1 N–H and O–H groups in total. The summed E-state index contributed by atoms with van der Waals surface area (Å²) < 4.78 is 29.3. The Morgan fingerprint density at radius 1 is 1.10 bits per heavy atom. The van der Waals surface area contributed by atoms with Crippen molar-refractivity contribution in [3.05, 3.63) is 90.3 Å². The van der Waals surface area contributed by atoms with Gasteiger partial charge in [-0.1, -0.05) is 24.3 Å². The van der Waals surface area contributed by atoms with Gasteiger partial charge in [0.1, 0.15) is 5.75 Å². The molecule has 3 aromatic rings. The molecule has 1 heterocycles. The van der Waals surface area contributed by atoms with Crippen LogP contribution in [-0.2, 0) is 10.5 Å². The predicted molar refractivity (Wildman–Crippen MR) is 111 cm³/mol. The van der Waals surface area contributed by atoms with E-state index in [9.17, 15) is 13.6 Å². The number of anilines is 1. The summed E-state index contributed by atoms with van der Waals surface area (Å²) in [6.45, 7) is -2.92. The SMILES string of the molecule is O=C(C=Cc1ccccc1OC(F)F)Nc1ccc(SCc2cccnc2)cc1. The van der Waals surface area contributed by atoms with Crippen LogP contribution in [-0.4, -0.2) is 17.5 Å². The second kappa shape index (κ2) is 10.4. The van der Waals surface area contributed by atoms with E-state index in [1.807, 2.05) is 42.6 Å². The first-order chi connectivity index (χ1) is 14.1. The van der Waals surface area contributed by atoms with Gasteiger partial charge in [-0.3, -0.25) is 9.78 Å². The van der Waals surface area contributed by atoms with E-state index in [1.54, 1.807) is 36.2 Å². The third kappa shape index (κ3) is 6.73. The van der Waals surface area contributed by atoms with Crippen molar-refractivity contribution in [3.63, 3.8) is 0 Å². The highest BCUT2D eigenvalue weighted by molar-refractivity contribution is 7.98. The number of rotatable bonds is 8. The molecule has 0 bridgehead atoms. The number of carbonyl (C=O) groups excluding carboxylic acids is 1. The number of ether oxygens (including phenoxy) is 1. The van der Waals surface area contributed by atoms with Crippen LogP contribution < -0.4 is 10.1 Å². The van der Waals surface area contributed by atoms with Gasteiger partial charge in [0.25, 0.3) is 0 Å². The number of nitrogens with one attached hydrogen (secondary N) is 1. The molecule has 4 nitrogen and oxygen atoms in total. The van der Waals surface area contributed by atoms with Crippen molar-refractivity contribution in [2.24, 2.45) is 0 Å². The van der Waals surface area contributed by atoms with E-state index in [-0.39, 0.29) is 11.7 Å². The van der Waals surface area contributed by atoms with Gasteiger partial charge in [-0.2, -0.15) is 8.78 Å². The largest absolute Gasteiger partial charge is 0.434 e. The first-order valence-corrected chi connectivity index (χ1v) is 9.73. The number of alkyl halides is 2. The van der Waals surface area contributed by atoms with Gasteiger partial charge < -0.3 is 10.1 Å². The molecule has 148 valence electrons. The van der Waals surface area contributed by atoms with Crippen LogP contribution in [0, 0.1) is 0 Å². The maximum Gasteiger partial charge on any atom is 0.387 e. The zero-order valence-electron chi connectivity index (χ0n) is 15.3. The number of carbonyl (C=O) groups is 1. The van der Waals surface area contributed by atoms with Crippen LogP contribution in [0.5, 0.6) is 5.75 Å². The fourth-order valence-corrected chi connectivity index (χ4v) is 3.29. The molecule has 0 aliphatic carbocycles. The van der Waals surface area contributed by atoms with Crippen molar-refractivity contribution in [1.82, 2.24) is 4.98 Å². The third-order valence-corrected chi connectivity index (χ3v) is 4.88. The molecular weight excluding hydrogens is 394 g/mol. The molecule has 0 spiro atoms. The van der Waals surface area contributed by atoms with Crippen LogP contribution in [0.3, 0.4) is 0 Å². The van der Waals surface area contributed by atoms with Crippen LogP contribution in [0.15, 0.2) is 84.0 Å². The van der Waals surface area contributed by atoms with Gasteiger partial charge >= 0.3 is 6.61 Å². The summed E-state index contributed by atoms with van der Waals surface area (Å²) in [6.07, 6.45) is 6.28. The standard InChI is InChI=1S/C22H18F2N2O2S/c23-22(24)28-20-6-2-1-5-17(20)7-12-21(27)26-18-8-10-19(11-9-18)29-15-16-4-3-13-25-14-16/h1-14,22H,15H2,(H,26,27). The Morgan fingerprint density at radius 3 is 2.62 bits per heavy atom. The first-order valence-electron chi connectivity index (χ1n) is 8.75. The molecule has 1 amide bonds. The summed E-state index contributed by atoms with van der Waals surface area (Å²) in [5.41, 5.74) is 2.17. The van der Waals surface area contributed by atoms with Gasteiger partial charge in [0.15, 0.2) is 0 Å². The molecule has 0 fully saturated rings. The number of pyridine rings is 1. The fraction of sp³-hybridized carbons (Fsp3) is 0.0909. The van der Waals surface area contributed by atoms with Crippen molar-refractivity contribution in [1.29, 1.82) is 0 Å². The summed E-state index contributed by atoms with van der Waals surface area (Å²) in [4.78, 5) is 17.3. The van der Waals surface area contributed by atoms with E-state index in [2.05, 4.69) is 15.0 Å². The monoisotopic (exact) mass is 412 g/mol. The number of hydrogen-bond donors (Lipinski definition) is 1. The fourth-order valence-electron chi connectivity index (χ4n) is 2.46. The average Bonchev–Trinajstić information content (AvgIpc) is 2.73. The number of nitrogens with zero attached hydrogens (tertiary/aromatic N) is 1. The van der Waals surface area contributed by atoms with Crippen molar-refractivity contribution < 1.29 is 18.3 Å². The highest BCUT2D eigenvalue weighted by Crippen LogP contribution is 2.24. The van der Waals surface area contributed by atoms with Crippen molar-refractivity contribution in [2.75, 3.05) is 5.32 Å². The van der Waals surface area contributed by atoms with Gasteiger partial charge in [-0.05, 0) is 48.0 Å². The van der Waals surface area contributed by atoms with Gasteiger partial charge in [0.05, 0.1) is 0 Å². The van der Waals surface area contributed by atoms with Gasteiger partial charge in [0, 0.05) is 40.4 Å². The minimum Gasteiger partial charge on any atom is -0.434 e. The Bertz CT molecular complexity index is 964. The summed E-state index contributed by atoms with van der Waals surface area (Å²) in [6, 6.07) is 17.7. The maximum absolute atomic E-state index is 12.4. The number of benzene rings is 2. The number of halogens is 2. The highest BCUT2D eigenvalue weighted by atomic mass is 32.2. The van der Waals surface area contributed by atoms with E-state index in [0.717, 1.165) is 16.2 Å². The van der Waals surface area contributed by atoms with Crippen molar-refractivity contribution >= 4 is 29.4 Å². The second-order valence-electron chi connectivity index (χ2n) is 5.91. The van der Waals surface area contributed by atoms with E-state index in [4.69, 9.17) is 0 Å². The normalized spacial score (nSPS) is 11.0. The highest BCUT2D eigenvalue weighted by Gasteiger charge is 2.07. The number of hydrogen-bond acceptors (Lipinski definition) is 4. The molecule has 0 radical (unpaired) electrons. The molecule has 29 heavy (non-hydrogen) atoms. The minimum absolute atomic E-state index is 0.0153. The first kappa shape index (κ1) is 20.5. The van der Waals surface area contributed by atoms with E-state index in [1.165, 1.54) is 18.2 Å². The molecule has 1 aromatic heterocycles. The van der Waals surface area contributed by atoms with Crippen LogP contribution in [0.1, 0.15) is 11.1 Å². The zero-order valence-corrected chi connectivity index (χ0v) is 16.1. The molecule has 0 saturated carbocycles. The molecule has 7 heteroatoms. The average molecular weight is 412 g/mol. The van der Waals surface area contributed by atoms with Crippen LogP contribution in [0.2, 0.25) is 0 Å². The van der Waals surface area contributed by atoms with Crippen LogP contribution >= 0.6 is 11.8 Å². The lowest BCUT2D eigenvalue weighted by atomic mass is 10.2. The summed E-state index contributed by atoms with van der Waals surface area (Å²) in [7, 11) is 0. The van der Waals surface area contributed by atoms with E-state index in [0.29, 0.717) is 11.3 Å². The molecular formula is C22H18F2N2O2S. The second-order valence-corrected chi connectivity index (χ2v) is 6.96. The molecule has 0 unspecified atom stereocenters. The predicted octanol–water partition coefficient (Wildman–Crippen LogP) is 5.63. The number of thioether (sulfide) groups is 1. The topological polar surface area (TPSA) is 51.2 Å². The third-order valence-electron chi connectivity index (χ3n) is 3.80. The number of para-hydroxylation sites is 1. The van der Waals surface area contributed by atoms with Gasteiger partial charge in [-0.15, -0.1) is 11.8 Å². The van der Waals surface area contributed by atoms with E-state index >= 15 is 0 Å². The van der Waals surface area contributed by atoms with Crippen molar-refractivity contribution in [2.45, 2.75) is 17.3 Å². The Hall–Kier alpha value is -3.19. The Labute approximate surface area is 171 Å². The Morgan fingerprint density at radius 2 is 1.90 bits per heavy atom. The minimum atomic E-state index is -2.92. The lowest BCUT2D eigenvalue weighted by Crippen LogP contribution is -2.07. The van der Waals surface area contributed by atoms with Crippen LogP contribution in [0.4, 0.5) is 14.5 Å². The van der Waals surface area contributed by atoms with Gasteiger partial charge in [0.2, 0.25) is 5.91 Å².